The van der Waals surface area contributed by atoms with Gasteiger partial charge in [0, 0.05) is 26.6 Å². The van der Waals surface area contributed by atoms with Crippen LogP contribution in [0.25, 0.3) is 0 Å². The molecule has 0 atom stereocenters. The second-order valence-corrected chi connectivity index (χ2v) is 8.86. The summed E-state index contributed by atoms with van der Waals surface area (Å²) in [6, 6.07) is 9.02. The minimum Gasteiger partial charge on any atom is -0.370 e. The van der Waals surface area contributed by atoms with Crippen LogP contribution in [0.1, 0.15) is 10.4 Å². The van der Waals surface area contributed by atoms with Crippen molar-refractivity contribution in [2.75, 3.05) is 6.26 Å². The van der Waals surface area contributed by atoms with E-state index >= 15 is 0 Å². The normalized spacial score (nSPS) is 11.2. The van der Waals surface area contributed by atoms with E-state index in [-0.39, 0.29) is 10.5 Å². The van der Waals surface area contributed by atoms with Crippen LogP contribution in [0.3, 0.4) is 0 Å². The molecule has 2 rings (SSSR count). The zero-order valence-electron chi connectivity index (χ0n) is 12.9. The maximum absolute atomic E-state index is 12.1. The Balaban J connectivity index is 2.53. The Morgan fingerprint density at radius 1 is 1.08 bits per heavy atom. The molecule has 25 heavy (non-hydrogen) atoms. The lowest BCUT2D eigenvalue weighted by Crippen LogP contribution is -2.24. The number of carbonyl (C=O) groups excluding carboxylic acids is 1. The van der Waals surface area contributed by atoms with Gasteiger partial charge in [-0.3, -0.25) is 4.79 Å². The molecule has 0 spiro atoms. The maximum atomic E-state index is 12.1. The number of hydrogen-bond acceptors (Lipinski definition) is 4. The number of nitrogens with zero attached hydrogens (tertiary/aromatic N) is 1. The number of rotatable bonds is 4. The van der Waals surface area contributed by atoms with Crippen molar-refractivity contribution >= 4 is 56.7 Å². The fraction of sp³-hybridized carbons (Fsp3) is 0.0667. The molecule has 0 aliphatic rings. The highest BCUT2D eigenvalue weighted by Gasteiger charge is 2.18. The number of carbonyl (C=O) groups is 1. The molecular weight excluding hydrogens is 405 g/mol. The predicted molar refractivity (Wildman–Crippen MR) is 100 cm³/mol. The van der Waals surface area contributed by atoms with Crippen molar-refractivity contribution in [3.63, 3.8) is 0 Å². The lowest BCUT2D eigenvalue weighted by atomic mass is 10.2. The van der Waals surface area contributed by atoms with Crippen LogP contribution >= 0.6 is 35.0 Å². The summed E-state index contributed by atoms with van der Waals surface area (Å²) in [6.45, 7) is 0. The molecule has 0 aromatic heterocycles. The smallest absolute Gasteiger partial charge is 0.280 e. The molecule has 0 fully saturated rings. The SMILES string of the molecule is CS(=O)(=O)c1cc(C(=O)N=C(N)N)ccc1Sc1cc(Cl)ccc1Cl. The summed E-state index contributed by atoms with van der Waals surface area (Å²) in [7, 11) is -3.62. The summed E-state index contributed by atoms with van der Waals surface area (Å²) in [4.78, 5) is 16.3. The molecule has 2 aromatic rings. The van der Waals surface area contributed by atoms with Crippen LogP contribution in [0.2, 0.25) is 10.0 Å². The second-order valence-electron chi connectivity index (χ2n) is 4.95. The molecule has 0 saturated heterocycles. The van der Waals surface area contributed by atoms with Gasteiger partial charge >= 0.3 is 0 Å². The molecule has 1 amide bonds. The largest absolute Gasteiger partial charge is 0.370 e. The highest BCUT2D eigenvalue weighted by molar-refractivity contribution is 8.00. The van der Waals surface area contributed by atoms with Gasteiger partial charge in [0.15, 0.2) is 15.8 Å². The van der Waals surface area contributed by atoms with Crippen LogP contribution in [0.5, 0.6) is 0 Å². The van der Waals surface area contributed by atoms with Crippen LogP contribution in [-0.4, -0.2) is 26.5 Å². The van der Waals surface area contributed by atoms with Gasteiger partial charge in [-0.15, -0.1) is 0 Å². The van der Waals surface area contributed by atoms with Crippen LogP contribution in [0.4, 0.5) is 0 Å². The van der Waals surface area contributed by atoms with Crippen molar-refractivity contribution in [3.05, 3.63) is 52.0 Å². The number of sulfone groups is 1. The number of guanidine groups is 1. The number of benzene rings is 2. The molecule has 0 bridgehead atoms. The number of amides is 1. The maximum Gasteiger partial charge on any atom is 0.280 e. The molecule has 0 aliphatic carbocycles. The Morgan fingerprint density at radius 2 is 1.76 bits per heavy atom. The van der Waals surface area contributed by atoms with E-state index in [1.807, 2.05) is 0 Å². The van der Waals surface area contributed by atoms with E-state index in [0.29, 0.717) is 19.8 Å². The quantitative estimate of drug-likeness (QED) is 0.583. The molecule has 2 aromatic carbocycles. The van der Waals surface area contributed by atoms with E-state index in [9.17, 15) is 13.2 Å². The molecular formula is C15H13Cl2N3O3S2. The molecule has 0 radical (unpaired) electrons. The molecule has 0 aliphatic heterocycles. The van der Waals surface area contributed by atoms with Gasteiger partial charge in [0.1, 0.15) is 0 Å². The van der Waals surface area contributed by atoms with Crippen LogP contribution in [0.15, 0.2) is 56.1 Å². The first kappa shape index (κ1) is 19.6. The topological polar surface area (TPSA) is 116 Å². The first-order valence-electron chi connectivity index (χ1n) is 6.69. The highest BCUT2D eigenvalue weighted by Crippen LogP contribution is 2.38. The monoisotopic (exact) mass is 417 g/mol. The van der Waals surface area contributed by atoms with Gasteiger partial charge in [-0.2, -0.15) is 4.99 Å². The van der Waals surface area contributed by atoms with Gasteiger partial charge in [-0.05, 0) is 36.4 Å². The van der Waals surface area contributed by atoms with Crippen molar-refractivity contribution in [1.29, 1.82) is 0 Å². The van der Waals surface area contributed by atoms with E-state index in [4.69, 9.17) is 34.7 Å². The molecule has 0 unspecified atom stereocenters. The first-order chi connectivity index (χ1) is 11.6. The number of nitrogens with two attached hydrogens (primary N) is 2. The van der Waals surface area contributed by atoms with Crippen LogP contribution in [-0.2, 0) is 9.84 Å². The van der Waals surface area contributed by atoms with Crippen LogP contribution in [0, 0.1) is 0 Å². The standard InChI is InChI=1S/C15H13Cl2N3O3S2/c1-25(22,23)13-6-8(14(21)20-15(18)19)2-5-11(13)24-12-7-9(16)3-4-10(12)17/h2-7H,1H3,(H4,18,19,20,21). The fourth-order valence-corrected chi connectivity index (χ4v) is 4.58. The molecule has 0 heterocycles. The number of aliphatic imine (C=N–C) groups is 1. The molecule has 132 valence electrons. The molecule has 4 N–H and O–H groups in total. The Morgan fingerprint density at radius 3 is 2.36 bits per heavy atom. The molecule has 6 nitrogen and oxygen atoms in total. The third-order valence-electron chi connectivity index (χ3n) is 2.93. The van der Waals surface area contributed by atoms with Gasteiger partial charge in [-0.25, -0.2) is 8.42 Å². The summed E-state index contributed by atoms with van der Waals surface area (Å²) >= 11 is 13.2. The minimum atomic E-state index is -3.62. The lowest BCUT2D eigenvalue weighted by Gasteiger charge is -2.10. The van der Waals surface area contributed by atoms with Crippen molar-refractivity contribution < 1.29 is 13.2 Å². The summed E-state index contributed by atoms with van der Waals surface area (Å²) in [5.41, 5.74) is 10.4. The van der Waals surface area contributed by atoms with E-state index in [1.165, 1.54) is 18.2 Å². The second kappa shape index (κ2) is 7.65. The van der Waals surface area contributed by atoms with Gasteiger partial charge < -0.3 is 11.5 Å². The minimum absolute atomic E-state index is 0.0369. The predicted octanol–water partition coefficient (Wildman–Crippen LogP) is 2.96. The van der Waals surface area contributed by atoms with E-state index in [0.717, 1.165) is 18.0 Å². The summed E-state index contributed by atoms with van der Waals surface area (Å²) in [5.74, 6) is -1.14. The van der Waals surface area contributed by atoms with E-state index < -0.39 is 21.7 Å². The Bertz CT molecular complexity index is 972. The zero-order chi connectivity index (χ0) is 18.8. The van der Waals surface area contributed by atoms with E-state index in [2.05, 4.69) is 4.99 Å². The third-order valence-corrected chi connectivity index (χ3v) is 6.01. The van der Waals surface area contributed by atoms with E-state index in [1.54, 1.807) is 18.2 Å². The van der Waals surface area contributed by atoms with Gasteiger partial charge in [0.2, 0.25) is 0 Å². The zero-order valence-corrected chi connectivity index (χ0v) is 16.0. The first-order valence-corrected chi connectivity index (χ1v) is 10.2. The fourth-order valence-electron chi connectivity index (χ4n) is 1.87. The van der Waals surface area contributed by atoms with Crippen molar-refractivity contribution in [1.82, 2.24) is 0 Å². The van der Waals surface area contributed by atoms with Gasteiger partial charge in [-0.1, -0.05) is 35.0 Å². The van der Waals surface area contributed by atoms with Gasteiger partial charge in [0.25, 0.3) is 5.91 Å². The summed E-state index contributed by atoms with van der Waals surface area (Å²) in [5, 5.41) is 0.891. The van der Waals surface area contributed by atoms with Crippen molar-refractivity contribution in [2.24, 2.45) is 16.5 Å². The Hall–Kier alpha value is -1.74. The van der Waals surface area contributed by atoms with Gasteiger partial charge in [0.05, 0.1) is 9.92 Å². The third kappa shape index (κ3) is 5.12. The average Bonchev–Trinajstić information content (AvgIpc) is 2.49. The molecule has 0 saturated carbocycles. The average molecular weight is 418 g/mol. The van der Waals surface area contributed by atoms with Crippen molar-refractivity contribution in [2.45, 2.75) is 14.7 Å². The number of halogens is 2. The summed E-state index contributed by atoms with van der Waals surface area (Å²) < 4.78 is 24.2. The highest BCUT2D eigenvalue weighted by atomic mass is 35.5. The Labute approximate surface area is 159 Å². The van der Waals surface area contributed by atoms with Crippen LogP contribution < -0.4 is 11.5 Å². The lowest BCUT2D eigenvalue weighted by molar-refractivity contribution is 0.100. The Kier molecular flexibility index (Phi) is 5.99. The molecule has 10 heteroatoms. The van der Waals surface area contributed by atoms with Crippen molar-refractivity contribution in [3.8, 4) is 0 Å². The summed E-state index contributed by atoms with van der Waals surface area (Å²) in [6.07, 6.45) is 1.04. The number of hydrogen-bond donors (Lipinski definition) is 2.